The minimum atomic E-state index is -0.763. The van der Waals surface area contributed by atoms with Crippen molar-refractivity contribution in [3.05, 3.63) is 70.8 Å². The van der Waals surface area contributed by atoms with E-state index in [0.717, 1.165) is 11.3 Å². The highest BCUT2D eigenvalue weighted by Crippen LogP contribution is 2.49. The fraction of sp³-hybridized carbons (Fsp3) is 0.320. The summed E-state index contributed by atoms with van der Waals surface area (Å²) < 4.78 is 5.08. The van der Waals surface area contributed by atoms with Crippen molar-refractivity contribution in [1.29, 1.82) is 0 Å². The molecule has 0 unspecified atom stereocenters. The molecule has 164 valence electrons. The first-order chi connectivity index (χ1) is 15.5. The van der Waals surface area contributed by atoms with E-state index < -0.39 is 17.9 Å². The third-order valence-electron chi connectivity index (χ3n) is 6.63. The normalized spacial score (nSPS) is 25.7. The number of anilines is 1. The Kier molecular flexibility index (Phi) is 5.35. The molecule has 3 aliphatic heterocycles. The number of amides is 2. The summed E-state index contributed by atoms with van der Waals surface area (Å²) in [5.41, 5.74) is 2.31. The predicted molar refractivity (Wildman–Crippen MR) is 122 cm³/mol. The number of methoxy groups -OCH3 is 1. The highest BCUT2D eigenvalue weighted by Gasteiger charge is 2.63. The molecular formula is C25H23ClN2O4. The number of benzene rings is 2. The largest absolute Gasteiger partial charge is 0.385 e. The molecule has 0 N–H and O–H groups in total. The van der Waals surface area contributed by atoms with Gasteiger partial charge in [0.2, 0.25) is 11.8 Å². The van der Waals surface area contributed by atoms with Crippen molar-refractivity contribution in [3.63, 3.8) is 0 Å². The molecule has 2 amide bonds. The van der Waals surface area contributed by atoms with E-state index in [9.17, 15) is 14.4 Å². The van der Waals surface area contributed by atoms with Gasteiger partial charge in [-0.05, 0) is 42.3 Å². The van der Waals surface area contributed by atoms with Crippen LogP contribution in [0.1, 0.15) is 22.3 Å². The third-order valence-corrected chi connectivity index (χ3v) is 6.89. The second kappa shape index (κ2) is 8.19. The van der Waals surface area contributed by atoms with Crippen LogP contribution in [0.5, 0.6) is 0 Å². The number of carbonyl (C=O) groups is 3. The number of ketones is 1. The lowest BCUT2D eigenvalue weighted by atomic mass is 9.86. The van der Waals surface area contributed by atoms with Gasteiger partial charge in [0, 0.05) is 36.5 Å². The number of likely N-dealkylation sites (tertiary alicyclic amines) is 1. The van der Waals surface area contributed by atoms with Crippen molar-refractivity contribution in [3.8, 4) is 0 Å². The van der Waals surface area contributed by atoms with E-state index >= 15 is 0 Å². The predicted octanol–water partition coefficient (Wildman–Crippen LogP) is 3.44. The zero-order valence-corrected chi connectivity index (χ0v) is 18.4. The monoisotopic (exact) mass is 450 g/mol. The first-order valence-corrected chi connectivity index (χ1v) is 11.1. The van der Waals surface area contributed by atoms with E-state index in [1.165, 1.54) is 4.90 Å². The molecule has 4 atom stereocenters. The third kappa shape index (κ3) is 3.17. The number of fused-ring (bicyclic) bond motifs is 5. The second-order valence-corrected chi connectivity index (χ2v) is 8.79. The molecule has 0 bridgehead atoms. The van der Waals surface area contributed by atoms with Gasteiger partial charge in [-0.15, -0.1) is 0 Å². The Labute approximate surface area is 191 Å². The Bertz CT molecular complexity index is 1110. The number of Topliss-reactive ketones (excluding diaryl/α,β-unsaturated/α-hetero) is 1. The summed E-state index contributed by atoms with van der Waals surface area (Å²) in [5.74, 6) is -1.97. The van der Waals surface area contributed by atoms with Crippen LogP contribution in [0.4, 0.5) is 5.69 Å². The summed E-state index contributed by atoms with van der Waals surface area (Å²) in [6.07, 6.45) is 4.50. The van der Waals surface area contributed by atoms with Gasteiger partial charge in [-0.1, -0.05) is 42.0 Å². The fourth-order valence-electron chi connectivity index (χ4n) is 5.25. The van der Waals surface area contributed by atoms with Crippen LogP contribution in [-0.4, -0.2) is 54.8 Å². The average molecular weight is 451 g/mol. The lowest BCUT2D eigenvalue weighted by Crippen LogP contribution is -2.48. The summed E-state index contributed by atoms with van der Waals surface area (Å²) in [5, 5.41) is 0.534. The van der Waals surface area contributed by atoms with Gasteiger partial charge in [-0.2, -0.15) is 0 Å². The number of ether oxygens (including phenoxy) is 1. The molecule has 2 fully saturated rings. The van der Waals surface area contributed by atoms with Crippen molar-refractivity contribution in [2.75, 3.05) is 25.2 Å². The van der Waals surface area contributed by atoms with E-state index in [4.69, 9.17) is 16.3 Å². The summed E-state index contributed by atoms with van der Waals surface area (Å²) in [4.78, 5) is 43.9. The fourth-order valence-corrected chi connectivity index (χ4v) is 5.37. The van der Waals surface area contributed by atoms with E-state index in [1.54, 1.807) is 31.4 Å². The molecule has 32 heavy (non-hydrogen) atoms. The Morgan fingerprint density at radius 3 is 2.50 bits per heavy atom. The molecule has 0 spiro atoms. The maximum absolute atomic E-state index is 13.8. The lowest BCUT2D eigenvalue weighted by Gasteiger charge is -2.36. The SMILES string of the molecule is COCCCN1C(=O)[C@@H]2[C@@H](C1=O)[C@@H]1C=Cc3ccccc3N1[C@@H]2C(=O)c1ccc(Cl)cc1. The van der Waals surface area contributed by atoms with Crippen molar-refractivity contribution >= 4 is 41.0 Å². The molecule has 2 aromatic rings. The molecule has 3 aliphatic rings. The van der Waals surface area contributed by atoms with Gasteiger partial charge in [-0.3, -0.25) is 19.3 Å². The maximum Gasteiger partial charge on any atom is 0.235 e. The van der Waals surface area contributed by atoms with Crippen molar-refractivity contribution in [2.45, 2.75) is 18.5 Å². The van der Waals surface area contributed by atoms with Crippen LogP contribution < -0.4 is 4.90 Å². The molecular weight excluding hydrogens is 428 g/mol. The molecule has 6 nitrogen and oxygen atoms in total. The van der Waals surface area contributed by atoms with Crippen LogP contribution >= 0.6 is 11.6 Å². The number of imide groups is 1. The number of para-hydroxylation sites is 1. The minimum Gasteiger partial charge on any atom is -0.385 e. The Morgan fingerprint density at radius 2 is 1.75 bits per heavy atom. The smallest absolute Gasteiger partial charge is 0.235 e. The van der Waals surface area contributed by atoms with E-state index in [1.807, 2.05) is 41.3 Å². The van der Waals surface area contributed by atoms with Crippen LogP contribution in [0.25, 0.3) is 6.08 Å². The number of halogens is 1. The number of rotatable bonds is 6. The van der Waals surface area contributed by atoms with Gasteiger partial charge in [0.15, 0.2) is 5.78 Å². The quantitative estimate of drug-likeness (QED) is 0.383. The van der Waals surface area contributed by atoms with Gasteiger partial charge in [-0.25, -0.2) is 0 Å². The first-order valence-electron chi connectivity index (χ1n) is 10.7. The number of hydrogen-bond acceptors (Lipinski definition) is 5. The zero-order valence-electron chi connectivity index (χ0n) is 17.6. The summed E-state index contributed by atoms with van der Waals surface area (Å²) >= 11 is 6.02. The molecule has 0 aliphatic carbocycles. The highest BCUT2D eigenvalue weighted by atomic mass is 35.5. The summed E-state index contributed by atoms with van der Waals surface area (Å²) in [7, 11) is 1.59. The van der Waals surface area contributed by atoms with Crippen molar-refractivity contribution in [1.82, 2.24) is 4.90 Å². The van der Waals surface area contributed by atoms with Crippen LogP contribution in [0.2, 0.25) is 5.02 Å². The number of nitrogens with zero attached hydrogens (tertiary/aromatic N) is 2. The molecule has 0 aromatic heterocycles. The molecule has 2 saturated heterocycles. The minimum absolute atomic E-state index is 0.177. The topological polar surface area (TPSA) is 66.9 Å². The molecule has 5 rings (SSSR count). The Hall–Kier alpha value is -2.96. The van der Waals surface area contributed by atoms with E-state index in [0.29, 0.717) is 30.2 Å². The van der Waals surface area contributed by atoms with E-state index in [-0.39, 0.29) is 23.6 Å². The average Bonchev–Trinajstić information content (AvgIpc) is 3.28. The van der Waals surface area contributed by atoms with Crippen molar-refractivity contribution in [2.24, 2.45) is 11.8 Å². The van der Waals surface area contributed by atoms with Gasteiger partial charge >= 0.3 is 0 Å². The summed E-state index contributed by atoms with van der Waals surface area (Å²) in [6, 6.07) is 13.3. The molecule has 0 saturated carbocycles. The van der Waals surface area contributed by atoms with Gasteiger partial charge in [0.25, 0.3) is 0 Å². The van der Waals surface area contributed by atoms with Crippen LogP contribution in [0.3, 0.4) is 0 Å². The maximum atomic E-state index is 13.8. The summed E-state index contributed by atoms with van der Waals surface area (Å²) in [6.45, 7) is 0.760. The number of carbonyl (C=O) groups excluding carboxylic acids is 3. The second-order valence-electron chi connectivity index (χ2n) is 8.36. The molecule has 0 radical (unpaired) electrons. The van der Waals surface area contributed by atoms with Crippen LogP contribution in [-0.2, 0) is 14.3 Å². The standard InChI is InChI=1S/C25H23ClN2O4/c1-32-14-4-13-27-24(30)20-19-12-9-15-5-2-3-6-18(15)28(19)22(21(20)25(27)31)23(29)16-7-10-17(26)11-8-16/h2-3,5-12,19-22H,4,13-14H2,1H3/t19-,20-,21+,22-/m0/s1. The van der Waals surface area contributed by atoms with Crippen LogP contribution in [0.15, 0.2) is 54.6 Å². The van der Waals surface area contributed by atoms with Gasteiger partial charge in [0.05, 0.1) is 17.9 Å². The lowest BCUT2D eigenvalue weighted by molar-refractivity contribution is -0.140. The Morgan fingerprint density at radius 1 is 1.03 bits per heavy atom. The number of hydrogen-bond donors (Lipinski definition) is 0. The first kappa shape index (κ1) is 20.9. The molecule has 2 aromatic carbocycles. The van der Waals surface area contributed by atoms with Crippen LogP contribution in [0, 0.1) is 11.8 Å². The van der Waals surface area contributed by atoms with Gasteiger partial charge in [0.1, 0.15) is 6.04 Å². The zero-order chi connectivity index (χ0) is 22.4. The van der Waals surface area contributed by atoms with Gasteiger partial charge < -0.3 is 9.64 Å². The highest BCUT2D eigenvalue weighted by molar-refractivity contribution is 6.30. The van der Waals surface area contributed by atoms with E-state index in [2.05, 4.69) is 0 Å². The Balaban J connectivity index is 1.58. The molecule has 7 heteroatoms. The molecule has 3 heterocycles. The van der Waals surface area contributed by atoms with Crippen molar-refractivity contribution < 1.29 is 19.1 Å².